The van der Waals surface area contributed by atoms with Crippen LogP contribution in [0.15, 0.2) is 29.2 Å². The molecule has 3 nitrogen and oxygen atoms in total. The number of nitrogens with one attached hydrogen (secondary N) is 1. The Bertz CT molecular complexity index is 510. The van der Waals surface area contributed by atoms with Gasteiger partial charge in [-0.25, -0.2) is 17.5 Å². The van der Waals surface area contributed by atoms with Gasteiger partial charge in [-0.05, 0) is 55.9 Å². The van der Waals surface area contributed by atoms with Crippen molar-refractivity contribution >= 4 is 26.0 Å². The molecular weight excluding hydrogens is 333 g/mol. The van der Waals surface area contributed by atoms with Crippen LogP contribution in [-0.2, 0) is 10.0 Å². The first kappa shape index (κ1) is 14.9. The second kappa shape index (κ2) is 6.33. The number of hydrogen-bond donors (Lipinski definition) is 1. The van der Waals surface area contributed by atoms with E-state index in [0.717, 1.165) is 37.8 Å². The van der Waals surface area contributed by atoms with E-state index >= 15 is 0 Å². The zero-order valence-electron chi connectivity index (χ0n) is 10.5. The van der Waals surface area contributed by atoms with E-state index in [0.29, 0.717) is 17.3 Å². The minimum absolute atomic E-state index is 0.114. The maximum Gasteiger partial charge on any atom is 0.240 e. The van der Waals surface area contributed by atoms with Crippen molar-refractivity contribution in [3.63, 3.8) is 0 Å². The van der Waals surface area contributed by atoms with Crippen molar-refractivity contribution < 1.29 is 12.8 Å². The maximum absolute atomic E-state index is 12.8. The molecule has 0 aliphatic heterocycles. The molecule has 1 saturated carbocycles. The van der Waals surface area contributed by atoms with Crippen LogP contribution in [-0.4, -0.2) is 19.8 Å². The quantitative estimate of drug-likeness (QED) is 0.849. The fraction of sp³-hybridized carbons (Fsp3) is 0.538. The topological polar surface area (TPSA) is 46.2 Å². The highest BCUT2D eigenvalue weighted by atomic mass is 79.9. The summed E-state index contributed by atoms with van der Waals surface area (Å²) in [4.78, 5) is 0.681. The summed E-state index contributed by atoms with van der Waals surface area (Å²) in [6.07, 6.45) is 4.23. The normalized spacial score (nSPS) is 24.3. The molecule has 1 N–H and O–H groups in total. The van der Waals surface area contributed by atoms with E-state index in [-0.39, 0.29) is 4.90 Å². The van der Waals surface area contributed by atoms with E-state index in [2.05, 4.69) is 20.7 Å². The Balaban J connectivity index is 1.92. The smallest absolute Gasteiger partial charge is 0.211 e. The zero-order valence-corrected chi connectivity index (χ0v) is 12.9. The van der Waals surface area contributed by atoms with Gasteiger partial charge in [0.05, 0.1) is 4.90 Å². The summed E-state index contributed by atoms with van der Waals surface area (Å²) >= 11 is 3.58. The predicted molar refractivity (Wildman–Crippen MR) is 76.3 cm³/mol. The van der Waals surface area contributed by atoms with Gasteiger partial charge in [0.2, 0.25) is 10.0 Å². The minimum Gasteiger partial charge on any atom is -0.211 e. The molecule has 106 valence electrons. The largest absolute Gasteiger partial charge is 0.240 e. The van der Waals surface area contributed by atoms with Crippen molar-refractivity contribution in [2.75, 3.05) is 6.54 Å². The van der Waals surface area contributed by atoms with E-state index in [9.17, 15) is 12.8 Å². The fourth-order valence-electron chi connectivity index (χ4n) is 2.25. The van der Waals surface area contributed by atoms with Crippen molar-refractivity contribution in [2.45, 2.75) is 35.4 Å². The Morgan fingerprint density at radius 1 is 1.16 bits per heavy atom. The maximum atomic E-state index is 12.8. The standard InChI is InChI=1S/C13H17BrFNO2S/c14-11-3-1-10(2-4-11)9-16-19(17,18)13-7-5-12(15)6-8-13/h5-8,10-11,16H,1-4,9H2. The summed E-state index contributed by atoms with van der Waals surface area (Å²) in [5.41, 5.74) is 0. The Labute approximate surface area is 121 Å². The average Bonchev–Trinajstić information content (AvgIpc) is 2.39. The molecule has 0 bridgehead atoms. The first-order chi connectivity index (χ1) is 8.97. The molecule has 1 aromatic rings. The highest BCUT2D eigenvalue weighted by Crippen LogP contribution is 2.28. The molecular formula is C13H17BrFNO2S. The predicted octanol–water partition coefficient (Wildman–Crippen LogP) is 3.06. The van der Waals surface area contributed by atoms with Gasteiger partial charge in [-0.1, -0.05) is 15.9 Å². The Morgan fingerprint density at radius 3 is 2.32 bits per heavy atom. The molecule has 6 heteroatoms. The molecule has 0 heterocycles. The number of hydrogen-bond acceptors (Lipinski definition) is 2. The van der Waals surface area contributed by atoms with Crippen LogP contribution in [0.1, 0.15) is 25.7 Å². The molecule has 0 atom stereocenters. The van der Waals surface area contributed by atoms with Crippen LogP contribution >= 0.6 is 15.9 Å². The first-order valence-corrected chi connectivity index (χ1v) is 8.76. The summed E-state index contributed by atoms with van der Waals surface area (Å²) in [6.45, 7) is 0.458. The van der Waals surface area contributed by atoms with Crippen molar-refractivity contribution in [3.05, 3.63) is 30.1 Å². The van der Waals surface area contributed by atoms with Gasteiger partial charge < -0.3 is 0 Å². The Morgan fingerprint density at radius 2 is 1.74 bits per heavy atom. The van der Waals surface area contributed by atoms with Crippen LogP contribution < -0.4 is 4.72 Å². The van der Waals surface area contributed by atoms with Crippen LogP contribution in [0, 0.1) is 11.7 Å². The van der Waals surface area contributed by atoms with E-state index < -0.39 is 15.8 Å². The van der Waals surface area contributed by atoms with Crippen LogP contribution in [0.25, 0.3) is 0 Å². The van der Waals surface area contributed by atoms with E-state index in [1.807, 2.05) is 0 Å². The molecule has 1 aliphatic carbocycles. The van der Waals surface area contributed by atoms with Gasteiger partial charge in [0, 0.05) is 11.4 Å². The minimum atomic E-state index is -3.52. The van der Waals surface area contributed by atoms with Crippen molar-refractivity contribution in [2.24, 2.45) is 5.92 Å². The number of halogens is 2. The Hall–Kier alpha value is -0.460. The summed E-state index contributed by atoms with van der Waals surface area (Å²) in [5.74, 6) is -0.0429. The summed E-state index contributed by atoms with van der Waals surface area (Å²) in [6, 6.07) is 4.88. The monoisotopic (exact) mass is 349 g/mol. The van der Waals surface area contributed by atoms with Gasteiger partial charge in [-0.2, -0.15) is 0 Å². The molecule has 0 amide bonds. The van der Waals surface area contributed by atoms with Crippen LogP contribution in [0.2, 0.25) is 0 Å². The second-order valence-corrected chi connectivity index (χ2v) is 7.99. The van der Waals surface area contributed by atoms with Gasteiger partial charge in [0.25, 0.3) is 0 Å². The molecule has 1 aliphatic rings. The zero-order chi connectivity index (χ0) is 13.9. The molecule has 0 saturated heterocycles. The third-order valence-corrected chi connectivity index (χ3v) is 5.82. The molecule has 19 heavy (non-hydrogen) atoms. The second-order valence-electron chi connectivity index (χ2n) is 4.92. The lowest BCUT2D eigenvalue weighted by Gasteiger charge is -2.25. The number of rotatable bonds is 4. The summed E-state index contributed by atoms with van der Waals surface area (Å²) in [7, 11) is -3.52. The number of benzene rings is 1. The molecule has 2 rings (SSSR count). The lowest BCUT2D eigenvalue weighted by Crippen LogP contribution is -2.31. The fourth-order valence-corrected chi connectivity index (χ4v) is 3.90. The molecule has 0 radical (unpaired) electrons. The molecule has 0 aromatic heterocycles. The SMILES string of the molecule is O=S(=O)(NCC1CCC(Br)CC1)c1ccc(F)cc1. The van der Waals surface area contributed by atoms with E-state index in [1.165, 1.54) is 12.1 Å². The summed E-state index contributed by atoms with van der Waals surface area (Å²) in [5, 5.41) is 0. The van der Waals surface area contributed by atoms with Crippen molar-refractivity contribution in [3.8, 4) is 0 Å². The Kier molecular flexibility index (Phi) is 4.97. The molecule has 1 aromatic carbocycles. The third kappa shape index (κ3) is 4.26. The highest BCUT2D eigenvalue weighted by Gasteiger charge is 2.21. The first-order valence-electron chi connectivity index (χ1n) is 6.36. The lowest BCUT2D eigenvalue weighted by molar-refractivity contribution is 0.366. The number of sulfonamides is 1. The van der Waals surface area contributed by atoms with Crippen LogP contribution in [0.5, 0.6) is 0 Å². The third-order valence-electron chi connectivity index (χ3n) is 3.46. The molecule has 1 fully saturated rings. The van der Waals surface area contributed by atoms with Gasteiger partial charge in [-0.3, -0.25) is 0 Å². The van der Waals surface area contributed by atoms with Crippen LogP contribution in [0.3, 0.4) is 0 Å². The van der Waals surface area contributed by atoms with Gasteiger partial charge >= 0.3 is 0 Å². The molecule has 0 spiro atoms. The van der Waals surface area contributed by atoms with Gasteiger partial charge in [0.15, 0.2) is 0 Å². The number of alkyl halides is 1. The molecule has 0 unspecified atom stereocenters. The van der Waals surface area contributed by atoms with Crippen molar-refractivity contribution in [1.29, 1.82) is 0 Å². The van der Waals surface area contributed by atoms with Crippen LogP contribution in [0.4, 0.5) is 4.39 Å². The van der Waals surface area contributed by atoms with E-state index in [4.69, 9.17) is 0 Å². The summed E-state index contributed by atoms with van der Waals surface area (Å²) < 4.78 is 39.4. The lowest BCUT2D eigenvalue weighted by atomic mass is 9.89. The van der Waals surface area contributed by atoms with E-state index in [1.54, 1.807) is 0 Å². The van der Waals surface area contributed by atoms with Gasteiger partial charge in [-0.15, -0.1) is 0 Å². The van der Waals surface area contributed by atoms with Gasteiger partial charge in [0.1, 0.15) is 5.82 Å². The van der Waals surface area contributed by atoms with Crippen molar-refractivity contribution in [1.82, 2.24) is 4.72 Å². The average molecular weight is 350 g/mol. The highest BCUT2D eigenvalue weighted by molar-refractivity contribution is 9.09.